The van der Waals surface area contributed by atoms with Crippen LogP contribution < -0.4 is 10.2 Å². The summed E-state index contributed by atoms with van der Waals surface area (Å²) in [6.07, 6.45) is 0. The molecular formula is C17H23N2O2+. The van der Waals surface area contributed by atoms with Crippen LogP contribution >= 0.6 is 0 Å². The highest BCUT2D eigenvalue weighted by atomic mass is 16.3. The molecule has 2 rings (SSSR count). The van der Waals surface area contributed by atoms with Gasteiger partial charge in [0.2, 0.25) is 0 Å². The fraction of sp³-hybridized carbons (Fsp3) is 0.353. The van der Waals surface area contributed by atoms with Gasteiger partial charge in [-0.2, -0.15) is 0 Å². The van der Waals surface area contributed by atoms with Crippen molar-refractivity contribution in [2.24, 2.45) is 0 Å². The Morgan fingerprint density at radius 1 is 1.19 bits per heavy atom. The first-order chi connectivity index (χ1) is 9.95. The lowest BCUT2D eigenvalue weighted by Crippen LogP contribution is -3.08. The quantitative estimate of drug-likeness (QED) is 0.882. The number of likely N-dealkylation sites (N-methyl/N-ethyl adjacent to an activating group) is 1. The predicted octanol–water partition coefficient (Wildman–Crippen LogP) is 1.86. The average molecular weight is 287 g/mol. The van der Waals surface area contributed by atoms with Gasteiger partial charge in [-0.15, -0.1) is 0 Å². The van der Waals surface area contributed by atoms with Crippen LogP contribution in [-0.2, 0) is 11.3 Å². The van der Waals surface area contributed by atoms with Gasteiger partial charge in [-0.1, -0.05) is 12.1 Å². The number of amides is 1. The maximum atomic E-state index is 12.1. The van der Waals surface area contributed by atoms with E-state index in [4.69, 9.17) is 4.42 Å². The van der Waals surface area contributed by atoms with Gasteiger partial charge < -0.3 is 14.6 Å². The molecule has 2 aromatic rings. The van der Waals surface area contributed by atoms with E-state index >= 15 is 0 Å². The Balaban J connectivity index is 1.90. The van der Waals surface area contributed by atoms with Crippen LogP contribution in [0.5, 0.6) is 0 Å². The highest BCUT2D eigenvalue weighted by Crippen LogP contribution is 2.17. The summed E-state index contributed by atoms with van der Waals surface area (Å²) in [7, 11) is 1.99. The number of aryl methyl sites for hydroxylation is 2. The third kappa shape index (κ3) is 4.20. The van der Waals surface area contributed by atoms with Crippen LogP contribution in [0.15, 0.2) is 34.7 Å². The van der Waals surface area contributed by atoms with Crippen LogP contribution in [0.4, 0.5) is 5.69 Å². The largest absolute Gasteiger partial charge is 0.460 e. The van der Waals surface area contributed by atoms with Gasteiger partial charge in [0.15, 0.2) is 12.3 Å². The number of hydrogen-bond acceptors (Lipinski definition) is 2. The second-order valence-electron chi connectivity index (χ2n) is 5.62. The molecule has 1 aromatic heterocycles. The van der Waals surface area contributed by atoms with Crippen molar-refractivity contribution < 1.29 is 14.1 Å². The maximum absolute atomic E-state index is 12.1. The number of furan rings is 1. The summed E-state index contributed by atoms with van der Waals surface area (Å²) in [5.74, 6) is 1.83. The highest BCUT2D eigenvalue weighted by Gasteiger charge is 2.13. The van der Waals surface area contributed by atoms with E-state index < -0.39 is 0 Å². The summed E-state index contributed by atoms with van der Waals surface area (Å²) < 4.78 is 5.54. The molecule has 1 atom stereocenters. The van der Waals surface area contributed by atoms with Gasteiger partial charge in [0.25, 0.3) is 5.91 Å². The van der Waals surface area contributed by atoms with Crippen LogP contribution in [0.1, 0.15) is 22.6 Å². The van der Waals surface area contributed by atoms with E-state index in [1.807, 2.05) is 58.2 Å². The normalized spacial score (nSPS) is 12.2. The van der Waals surface area contributed by atoms with Crippen molar-refractivity contribution in [1.29, 1.82) is 0 Å². The first-order valence-electron chi connectivity index (χ1n) is 7.18. The lowest BCUT2D eigenvalue weighted by atomic mass is 10.1. The lowest BCUT2D eigenvalue weighted by molar-refractivity contribution is -0.886. The van der Waals surface area contributed by atoms with Crippen molar-refractivity contribution in [3.63, 3.8) is 0 Å². The smallest absolute Gasteiger partial charge is 0.279 e. The van der Waals surface area contributed by atoms with Crippen molar-refractivity contribution in [2.45, 2.75) is 27.3 Å². The zero-order chi connectivity index (χ0) is 15.4. The number of carbonyl (C=O) groups is 1. The Hall–Kier alpha value is -2.07. The summed E-state index contributed by atoms with van der Waals surface area (Å²) in [4.78, 5) is 13.2. The van der Waals surface area contributed by atoms with E-state index in [1.54, 1.807) is 0 Å². The summed E-state index contributed by atoms with van der Waals surface area (Å²) in [6.45, 7) is 7.10. The molecule has 1 unspecified atom stereocenters. The van der Waals surface area contributed by atoms with Gasteiger partial charge in [-0.3, -0.25) is 4.79 Å². The fourth-order valence-corrected chi connectivity index (χ4v) is 2.30. The number of carbonyl (C=O) groups excluding carboxylic acids is 1. The zero-order valence-corrected chi connectivity index (χ0v) is 13.1. The number of anilines is 1. The van der Waals surface area contributed by atoms with Gasteiger partial charge in [0.05, 0.1) is 7.05 Å². The Morgan fingerprint density at radius 2 is 1.95 bits per heavy atom. The molecule has 0 aliphatic rings. The van der Waals surface area contributed by atoms with E-state index in [-0.39, 0.29) is 5.91 Å². The van der Waals surface area contributed by atoms with Gasteiger partial charge in [0.1, 0.15) is 12.3 Å². The third-order valence-electron chi connectivity index (χ3n) is 3.61. The van der Waals surface area contributed by atoms with Crippen molar-refractivity contribution in [2.75, 3.05) is 18.9 Å². The first kappa shape index (κ1) is 15.3. The summed E-state index contributed by atoms with van der Waals surface area (Å²) in [6, 6.07) is 9.84. The molecule has 112 valence electrons. The molecule has 0 saturated heterocycles. The molecule has 4 nitrogen and oxygen atoms in total. The molecular weight excluding hydrogens is 264 g/mol. The monoisotopic (exact) mass is 287 g/mol. The van der Waals surface area contributed by atoms with Crippen molar-refractivity contribution in [1.82, 2.24) is 0 Å². The van der Waals surface area contributed by atoms with Crippen molar-refractivity contribution in [3.05, 3.63) is 53.0 Å². The molecule has 0 radical (unpaired) electrons. The number of hydrogen-bond donors (Lipinski definition) is 2. The SMILES string of the molecule is Cc1ccc(C[NH+](C)CC(=O)Nc2cccc(C)c2C)o1. The molecule has 0 saturated carbocycles. The third-order valence-corrected chi connectivity index (χ3v) is 3.61. The summed E-state index contributed by atoms with van der Waals surface area (Å²) in [5, 5.41) is 2.98. The Labute approximate surface area is 125 Å². The van der Waals surface area contributed by atoms with Crippen molar-refractivity contribution >= 4 is 11.6 Å². The molecule has 0 spiro atoms. The minimum absolute atomic E-state index is 0.0180. The molecule has 1 amide bonds. The summed E-state index contributed by atoms with van der Waals surface area (Å²) in [5.41, 5.74) is 3.19. The van der Waals surface area contributed by atoms with Crippen LogP contribution in [-0.4, -0.2) is 19.5 Å². The Bertz CT molecular complexity index is 631. The predicted molar refractivity (Wildman–Crippen MR) is 83.4 cm³/mol. The second kappa shape index (κ2) is 6.59. The molecule has 2 N–H and O–H groups in total. The van der Waals surface area contributed by atoms with E-state index in [2.05, 4.69) is 5.32 Å². The van der Waals surface area contributed by atoms with Gasteiger partial charge in [0, 0.05) is 5.69 Å². The average Bonchev–Trinajstić information content (AvgIpc) is 2.80. The van der Waals surface area contributed by atoms with Gasteiger partial charge in [-0.05, 0) is 50.1 Å². The standard InChI is InChI=1S/C17H22N2O2/c1-12-6-5-7-16(14(12)3)18-17(20)11-19(4)10-15-9-8-13(2)21-15/h5-9H,10-11H2,1-4H3,(H,18,20)/p+1. The van der Waals surface area contributed by atoms with E-state index in [0.717, 1.165) is 27.7 Å². The lowest BCUT2D eigenvalue weighted by Gasteiger charge is -2.14. The number of nitrogens with one attached hydrogen (secondary N) is 2. The molecule has 0 aliphatic carbocycles. The number of benzene rings is 1. The Morgan fingerprint density at radius 3 is 2.62 bits per heavy atom. The molecule has 0 bridgehead atoms. The van der Waals surface area contributed by atoms with Crippen LogP contribution in [0, 0.1) is 20.8 Å². The van der Waals surface area contributed by atoms with Gasteiger partial charge in [-0.25, -0.2) is 0 Å². The Kier molecular flexibility index (Phi) is 4.81. The van der Waals surface area contributed by atoms with E-state index in [0.29, 0.717) is 13.1 Å². The minimum atomic E-state index is 0.0180. The van der Waals surface area contributed by atoms with Gasteiger partial charge >= 0.3 is 0 Å². The molecule has 4 heteroatoms. The zero-order valence-electron chi connectivity index (χ0n) is 13.1. The second-order valence-corrected chi connectivity index (χ2v) is 5.62. The molecule has 0 fully saturated rings. The van der Waals surface area contributed by atoms with Crippen LogP contribution in [0.25, 0.3) is 0 Å². The van der Waals surface area contributed by atoms with Crippen molar-refractivity contribution in [3.8, 4) is 0 Å². The number of rotatable bonds is 5. The number of quaternary nitrogens is 1. The molecule has 21 heavy (non-hydrogen) atoms. The highest BCUT2D eigenvalue weighted by molar-refractivity contribution is 5.92. The maximum Gasteiger partial charge on any atom is 0.279 e. The van der Waals surface area contributed by atoms with E-state index in [9.17, 15) is 4.79 Å². The molecule has 1 aromatic carbocycles. The topological polar surface area (TPSA) is 46.7 Å². The minimum Gasteiger partial charge on any atom is -0.460 e. The van der Waals surface area contributed by atoms with Crippen LogP contribution in [0.3, 0.4) is 0 Å². The fourth-order valence-electron chi connectivity index (χ4n) is 2.30. The van der Waals surface area contributed by atoms with Crippen LogP contribution in [0.2, 0.25) is 0 Å². The first-order valence-corrected chi connectivity index (χ1v) is 7.18. The summed E-state index contributed by atoms with van der Waals surface area (Å²) >= 11 is 0. The molecule has 1 heterocycles. The molecule has 0 aliphatic heterocycles. The van der Waals surface area contributed by atoms with E-state index in [1.165, 1.54) is 5.56 Å².